The molecule has 0 unspecified atom stereocenters. The minimum Gasteiger partial charge on any atom is -0.492 e. The molecule has 0 bridgehead atoms. The summed E-state index contributed by atoms with van der Waals surface area (Å²) in [6.45, 7) is 2.38. The third-order valence-electron chi connectivity index (χ3n) is 2.44. The van der Waals surface area contributed by atoms with E-state index in [0.29, 0.717) is 23.2 Å². The average molecular weight is 294 g/mol. The Morgan fingerprint density at radius 2 is 2.20 bits per heavy atom. The lowest BCUT2D eigenvalue weighted by Gasteiger charge is -2.09. The predicted octanol–water partition coefficient (Wildman–Crippen LogP) is 0.601. The van der Waals surface area contributed by atoms with Crippen molar-refractivity contribution in [1.82, 2.24) is 14.8 Å². The molecular formula is C12H14N4O3S. The molecule has 7 nitrogen and oxygen atoms in total. The number of ether oxygens (including phenoxy) is 1. The van der Waals surface area contributed by atoms with Gasteiger partial charge in [0.25, 0.3) is 0 Å². The third kappa shape index (κ3) is 3.02. The van der Waals surface area contributed by atoms with Crippen molar-refractivity contribution in [1.29, 1.82) is 0 Å². The second kappa shape index (κ2) is 5.83. The zero-order chi connectivity index (χ0) is 14.7. The highest BCUT2D eigenvalue weighted by Gasteiger charge is 2.08. The number of hydrogen-bond acceptors (Lipinski definition) is 6. The van der Waals surface area contributed by atoms with Crippen molar-refractivity contribution in [3.8, 4) is 5.75 Å². The van der Waals surface area contributed by atoms with E-state index in [1.807, 2.05) is 6.92 Å². The standard InChI is InChI=1S/C12H14N4O3S/c1-3-19-9-6-7(4-5-8(9)13)20-12-14-10(17)11(18)15-16(12)2/h4-6H,3,13H2,1-2H3,(H,15,18). The molecule has 2 aromatic rings. The fraction of sp³-hybridized carbons (Fsp3) is 0.250. The van der Waals surface area contributed by atoms with Gasteiger partial charge in [-0.3, -0.25) is 19.4 Å². The van der Waals surface area contributed by atoms with Gasteiger partial charge in [-0.05, 0) is 36.9 Å². The summed E-state index contributed by atoms with van der Waals surface area (Å²) >= 11 is 1.23. The lowest BCUT2D eigenvalue weighted by molar-refractivity contribution is 0.341. The Labute approximate surface area is 118 Å². The first-order chi connectivity index (χ1) is 9.51. The normalized spacial score (nSPS) is 10.5. The number of benzene rings is 1. The Morgan fingerprint density at radius 3 is 2.90 bits per heavy atom. The molecule has 2 rings (SSSR count). The largest absolute Gasteiger partial charge is 0.492 e. The highest BCUT2D eigenvalue weighted by Crippen LogP contribution is 2.31. The minimum absolute atomic E-state index is 0.377. The maximum atomic E-state index is 11.3. The maximum Gasteiger partial charge on any atom is 0.339 e. The molecule has 106 valence electrons. The molecule has 8 heteroatoms. The molecule has 1 aromatic heterocycles. The Balaban J connectivity index is 2.35. The van der Waals surface area contributed by atoms with Crippen molar-refractivity contribution < 1.29 is 4.74 Å². The summed E-state index contributed by atoms with van der Waals surface area (Å²) in [5.74, 6) is 0.576. The number of nitrogens with zero attached hydrogens (tertiary/aromatic N) is 2. The van der Waals surface area contributed by atoms with Crippen LogP contribution in [-0.4, -0.2) is 21.4 Å². The second-order valence-corrected chi connectivity index (χ2v) is 4.97. The number of nitrogens with two attached hydrogens (primary N) is 1. The van der Waals surface area contributed by atoms with Crippen LogP contribution < -0.4 is 21.6 Å². The van der Waals surface area contributed by atoms with Crippen LogP contribution in [-0.2, 0) is 7.05 Å². The summed E-state index contributed by atoms with van der Waals surface area (Å²) in [5, 5.41) is 2.76. The van der Waals surface area contributed by atoms with Gasteiger partial charge in [0.05, 0.1) is 12.3 Å². The number of nitrogen functional groups attached to an aromatic ring is 1. The van der Waals surface area contributed by atoms with Crippen molar-refractivity contribution in [3.05, 3.63) is 38.9 Å². The molecule has 0 saturated heterocycles. The second-order valence-electron chi connectivity index (χ2n) is 3.93. The zero-order valence-electron chi connectivity index (χ0n) is 11.0. The van der Waals surface area contributed by atoms with E-state index >= 15 is 0 Å². The molecule has 20 heavy (non-hydrogen) atoms. The van der Waals surface area contributed by atoms with Crippen molar-refractivity contribution in [3.63, 3.8) is 0 Å². The smallest absolute Gasteiger partial charge is 0.339 e. The fourth-order valence-electron chi connectivity index (χ4n) is 1.52. The van der Waals surface area contributed by atoms with Gasteiger partial charge in [-0.25, -0.2) is 0 Å². The maximum absolute atomic E-state index is 11.3. The Morgan fingerprint density at radius 1 is 1.45 bits per heavy atom. The Hall–Kier alpha value is -2.22. The quantitative estimate of drug-likeness (QED) is 0.632. The zero-order valence-corrected chi connectivity index (χ0v) is 11.9. The molecule has 3 N–H and O–H groups in total. The van der Waals surface area contributed by atoms with Crippen molar-refractivity contribution >= 4 is 17.4 Å². The molecular weight excluding hydrogens is 280 g/mol. The van der Waals surface area contributed by atoms with Gasteiger partial charge in [-0.15, -0.1) is 0 Å². The van der Waals surface area contributed by atoms with Crippen molar-refractivity contribution in [2.45, 2.75) is 17.0 Å². The Bertz CT molecular complexity index is 738. The molecule has 0 fully saturated rings. The highest BCUT2D eigenvalue weighted by atomic mass is 32.2. The number of aromatic amines is 1. The van der Waals surface area contributed by atoms with Crippen molar-refractivity contribution in [2.75, 3.05) is 12.3 Å². The van der Waals surface area contributed by atoms with Gasteiger partial charge in [0.15, 0.2) is 5.16 Å². The van der Waals surface area contributed by atoms with E-state index in [1.165, 1.54) is 16.4 Å². The number of H-pyrrole nitrogens is 1. The van der Waals surface area contributed by atoms with E-state index in [2.05, 4.69) is 10.1 Å². The van der Waals surface area contributed by atoms with E-state index < -0.39 is 11.1 Å². The molecule has 0 aliphatic heterocycles. The molecule has 0 amide bonds. The van der Waals surface area contributed by atoms with Crippen LogP contribution in [0.5, 0.6) is 5.75 Å². The molecule has 0 aliphatic carbocycles. The summed E-state index contributed by atoms with van der Waals surface area (Å²) in [5.41, 5.74) is 4.77. The fourth-order valence-corrected chi connectivity index (χ4v) is 2.34. The first-order valence-corrected chi connectivity index (χ1v) is 6.70. The van der Waals surface area contributed by atoms with Gasteiger partial charge in [0, 0.05) is 11.9 Å². The van der Waals surface area contributed by atoms with E-state index in [1.54, 1.807) is 25.2 Å². The van der Waals surface area contributed by atoms with Gasteiger partial charge >= 0.3 is 11.1 Å². The average Bonchev–Trinajstić information content (AvgIpc) is 2.40. The van der Waals surface area contributed by atoms with Gasteiger partial charge in [-0.2, -0.15) is 4.98 Å². The van der Waals surface area contributed by atoms with Crippen LogP contribution in [0.2, 0.25) is 0 Å². The summed E-state index contributed by atoms with van der Waals surface area (Å²) in [6, 6.07) is 5.28. The SMILES string of the molecule is CCOc1cc(Sc2nc(=O)c(=O)[nH]n2C)ccc1N. The van der Waals surface area contributed by atoms with Crippen molar-refractivity contribution in [2.24, 2.45) is 7.05 Å². The van der Waals surface area contributed by atoms with Gasteiger partial charge < -0.3 is 10.5 Å². The molecule has 0 spiro atoms. The van der Waals surface area contributed by atoms with E-state index in [9.17, 15) is 9.59 Å². The Kier molecular flexibility index (Phi) is 4.14. The topological polar surface area (TPSA) is 103 Å². The van der Waals surface area contributed by atoms with Crippen LogP contribution in [0.15, 0.2) is 37.8 Å². The molecule has 0 atom stereocenters. The van der Waals surface area contributed by atoms with Crippen LogP contribution in [0, 0.1) is 0 Å². The summed E-state index contributed by atoms with van der Waals surface area (Å²) in [6.07, 6.45) is 0. The lowest BCUT2D eigenvalue weighted by atomic mass is 10.3. The van der Waals surface area contributed by atoms with Crippen LogP contribution in [0.1, 0.15) is 6.92 Å². The van der Waals surface area contributed by atoms with Gasteiger partial charge in [0.1, 0.15) is 5.75 Å². The van der Waals surface area contributed by atoms with Crippen LogP contribution >= 0.6 is 11.8 Å². The van der Waals surface area contributed by atoms with Gasteiger partial charge in [0.2, 0.25) is 0 Å². The molecule has 0 saturated carbocycles. The predicted molar refractivity (Wildman–Crippen MR) is 76.2 cm³/mol. The monoisotopic (exact) mass is 294 g/mol. The number of aromatic nitrogens is 3. The summed E-state index contributed by atoms with van der Waals surface area (Å²) < 4.78 is 6.80. The molecule has 0 aliphatic rings. The molecule has 0 radical (unpaired) electrons. The highest BCUT2D eigenvalue weighted by molar-refractivity contribution is 7.99. The number of rotatable bonds is 4. The minimum atomic E-state index is -0.814. The first kappa shape index (κ1) is 14.2. The molecule has 1 aromatic carbocycles. The first-order valence-electron chi connectivity index (χ1n) is 5.88. The van der Waals surface area contributed by atoms with E-state index in [4.69, 9.17) is 10.5 Å². The summed E-state index contributed by atoms with van der Waals surface area (Å²) in [4.78, 5) is 26.9. The number of aryl methyl sites for hydroxylation is 1. The van der Waals surface area contributed by atoms with E-state index in [-0.39, 0.29) is 0 Å². The summed E-state index contributed by atoms with van der Waals surface area (Å²) in [7, 11) is 1.61. The number of nitrogens with one attached hydrogen (secondary N) is 1. The van der Waals surface area contributed by atoms with E-state index in [0.717, 1.165) is 4.90 Å². The van der Waals surface area contributed by atoms with Crippen LogP contribution in [0.3, 0.4) is 0 Å². The van der Waals surface area contributed by atoms with Crippen LogP contribution in [0.4, 0.5) is 5.69 Å². The number of hydrogen-bond donors (Lipinski definition) is 2. The van der Waals surface area contributed by atoms with Crippen LogP contribution in [0.25, 0.3) is 0 Å². The van der Waals surface area contributed by atoms with Gasteiger partial charge in [-0.1, -0.05) is 0 Å². The molecule has 1 heterocycles. The number of anilines is 1. The third-order valence-corrected chi connectivity index (χ3v) is 3.48. The lowest BCUT2D eigenvalue weighted by Crippen LogP contribution is -2.33.